The minimum atomic E-state index is -0.153. The topological polar surface area (TPSA) is 73.8 Å². The number of ether oxygens (including phenoxy) is 1. The van der Waals surface area contributed by atoms with Crippen molar-refractivity contribution < 1.29 is 14.6 Å². The summed E-state index contributed by atoms with van der Waals surface area (Å²) in [5.41, 5.74) is 0.0731. The number of hydrogen-bond acceptors (Lipinski definition) is 4. The number of carbonyl (C=O) groups excluding carboxylic acids is 1. The van der Waals surface area contributed by atoms with Gasteiger partial charge in [-0.1, -0.05) is 0 Å². The number of nitrogens with one attached hydrogen (secondary N) is 2. The van der Waals surface area contributed by atoms with Crippen molar-refractivity contribution in [3.63, 3.8) is 0 Å². The Balaban J connectivity index is 1.19. The first-order chi connectivity index (χ1) is 12.1. The average molecular weight is 351 g/mol. The van der Waals surface area contributed by atoms with Crippen LogP contribution in [0, 0.1) is 0 Å². The third-order valence-corrected chi connectivity index (χ3v) is 6.87. The summed E-state index contributed by atoms with van der Waals surface area (Å²) in [5.74, 6) is 0. The van der Waals surface area contributed by atoms with E-state index in [-0.39, 0.29) is 29.8 Å². The molecule has 0 radical (unpaired) electrons. The van der Waals surface area contributed by atoms with E-state index in [2.05, 4.69) is 15.5 Å². The van der Waals surface area contributed by atoms with Crippen LogP contribution in [0.25, 0.3) is 0 Å². The second-order valence-electron chi connectivity index (χ2n) is 8.57. The largest absolute Gasteiger partial charge is 0.391 e. The summed E-state index contributed by atoms with van der Waals surface area (Å²) in [7, 11) is 0. The first-order valence-electron chi connectivity index (χ1n) is 10.3. The van der Waals surface area contributed by atoms with Crippen molar-refractivity contribution in [3.05, 3.63) is 0 Å². The van der Waals surface area contributed by atoms with Gasteiger partial charge in [0.05, 0.1) is 11.7 Å². The van der Waals surface area contributed by atoms with E-state index in [1.807, 2.05) is 0 Å². The highest BCUT2D eigenvalue weighted by Crippen LogP contribution is 2.42. The Morgan fingerprint density at radius 1 is 1.00 bits per heavy atom. The molecule has 6 heteroatoms. The predicted octanol–water partition coefficient (Wildman–Crippen LogP) is 1.77. The molecular weight excluding hydrogens is 318 g/mol. The molecule has 3 N–H and O–H groups in total. The molecule has 0 aromatic rings. The third kappa shape index (κ3) is 3.96. The van der Waals surface area contributed by atoms with Gasteiger partial charge in [-0.15, -0.1) is 0 Å². The van der Waals surface area contributed by atoms with Crippen molar-refractivity contribution >= 4 is 6.03 Å². The summed E-state index contributed by atoms with van der Waals surface area (Å²) in [6.07, 6.45) is 10.5. The summed E-state index contributed by atoms with van der Waals surface area (Å²) in [5, 5.41) is 16.4. The Hall–Kier alpha value is -0.850. The van der Waals surface area contributed by atoms with Crippen molar-refractivity contribution in [2.45, 2.75) is 94.0 Å². The van der Waals surface area contributed by atoms with Crippen LogP contribution in [0.5, 0.6) is 0 Å². The molecule has 0 aromatic heterocycles. The van der Waals surface area contributed by atoms with Crippen LogP contribution in [-0.4, -0.2) is 65.6 Å². The van der Waals surface area contributed by atoms with Gasteiger partial charge >= 0.3 is 6.03 Å². The zero-order chi connectivity index (χ0) is 17.3. The summed E-state index contributed by atoms with van der Waals surface area (Å²) in [6.45, 7) is 2.73. The molecule has 3 unspecified atom stereocenters. The van der Waals surface area contributed by atoms with E-state index in [9.17, 15) is 9.90 Å². The smallest absolute Gasteiger partial charge is 0.315 e. The third-order valence-electron chi connectivity index (χ3n) is 6.87. The number of urea groups is 1. The molecule has 2 heterocycles. The molecule has 0 bridgehead atoms. The standard InChI is InChI=1S/C19H33N3O3/c23-17-4-1-3-16(17)22-10-5-14(6-11-22)20-18(24)21-15-7-12-25-19(13-15)8-2-9-19/h14-17,23H,1-13H2,(H2,20,21,24). The average Bonchev–Trinajstić information content (AvgIpc) is 3.00. The number of hydrogen-bond donors (Lipinski definition) is 3. The summed E-state index contributed by atoms with van der Waals surface area (Å²) in [6, 6.07) is 0.839. The highest BCUT2D eigenvalue weighted by atomic mass is 16.5. The van der Waals surface area contributed by atoms with Crippen LogP contribution >= 0.6 is 0 Å². The number of likely N-dealkylation sites (tertiary alicyclic amines) is 1. The van der Waals surface area contributed by atoms with E-state index in [1.54, 1.807) is 0 Å². The van der Waals surface area contributed by atoms with Gasteiger partial charge in [-0.05, 0) is 64.2 Å². The lowest BCUT2D eigenvalue weighted by molar-refractivity contribution is -0.134. The molecule has 2 amide bonds. The number of nitrogens with zero attached hydrogens (tertiary/aromatic N) is 1. The molecule has 4 aliphatic rings. The van der Waals surface area contributed by atoms with Crippen LogP contribution in [0.2, 0.25) is 0 Å². The molecule has 2 saturated heterocycles. The minimum absolute atomic E-state index is 0.0132. The molecule has 0 aromatic carbocycles. The Morgan fingerprint density at radius 2 is 1.76 bits per heavy atom. The van der Waals surface area contributed by atoms with Gasteiger partial charge in [-0.3, -0.25) is 4.90 Å². The Labute approximate surface area is 150 Å². The molecule has 2 aliphatic carbocycles. The number of amides is 2. The predicted molar refractivity (Wildman–Crippen MR) is 95.5 cm³/mol. The second-order valence-corrected chi connectivity index (χ2v) is 8.57. The van der Waals surface area contributed by atoms with E-state index in [1.165, 1.54) is 6.42 Å². The lowest BCUT2D eigenvalue weighted by Crippen LogP contribution is -2.56. The zero-order valence-electron chi connectivity index (χ0n) is 15.2. The van der Waals surface area contributed by atoms with Crippen LogP contribution in [0.3, 0.4) is 0 Å². The van der Waals surface area contributed by atoms with Crippen LogP contribution in [0.4, 0.5) is 4.79 Å². The lowest BCUT2D eigenvalue weighted by Gasteiger charge is -2.47. The molecule has 142 valence electrons. The fraction of sp³-hybridized carbons (Fsp3) is 0.947. The molecular formula is C19H33N3O3. The fourth-order valence-electron chi connectivity index (χ4n) is 5.21. The van der Waals surface area contributed by atoms with Crippen LogP contribution < -0.4 is 10.6 Å². The van der Waals surface area contributed by atoms with E-state index in [0.29, 0.717) is 6.04 Å². The van der Waals surface area contributed by atoms with Crippen molar-refractivity contribution in [2.75, 3.05) is 19.7 Å². The minimum Gasteiger partial charge on any atom is -0.391 e. The molecule has 4 fully saturated rings. The summed E-state index contributed by atoms with van der Waals surface area (Å²) >= 11 is 0. The molecule has 3 atom stereocenters. The monoisotopic (exact) mass is 351 g/mol. The summed E-state index contributed by atoms with van der Waals surface area (Å²) < 4.78 is 5.93. The maximum Gasteiger partial charge on any atom is 0.315 e. The van der Waals surface area contributed by atoms with Gasteiger partial charge in [0.2, 0.25) is 0 Å². The first kappa shape index (κ1) is 17.6. The van der Waals surface area contributed by atoms with Crippen molar-refractivity contribution in [1.82, 2.24) is 15.5 Å². The van der Waals surface area contributed by atoms with Crippen LogP contribution in [-0.2, 0) is 4.74 Å². The van der Waals surface area contributed by atoms with Crippen molar-refractivity contribution in [3.8, 4) is 0 Å². The van der Waals surface area contributed by atoms with Gasteiger partial charge in [-0.2, -0.15) is 0 Å². The molecule has 4 rings (SSSR count). The zero-order valence-corrected chi connectivity index (χ0v) is 15.2. The van der Waals surface area contributed by atoms with Crippen LogP contribution in [0.1, 0.15) is 64.2 Å². The number of rotatable bonds is 3. The maximum absolute atomic E-state index is 12.4. The van der Waals surface area contributed by atoms with E-state index < -0.39 is 0 Å². The normalized spacial score (nSPS) is 36.1. The van der Waals surface area contributed by atoms with Gasteiger partial charge in [0.1, 0.15) is 0 Å². The number of piperidine rings is 1. The van der Waals surface area contributed by atoms with Gasteiger partial charge < -0.3 is 20.5 Å². The van der Waals surface area contributed by atoms with Gasteiger partial charge in [0.15, 0.2) is 0 Å². The van der Waals surface area contributed by atoms with Gasteiger partial charge in [-0.25, -0.2) is 4.79 Å². The molecule has 6 nitrogen and oxygen atoms in total. The SMILES string of the molecule is O=C(NC1CCN(C2CCCC2O)CC1)NC1CCOC2(CCC2)C1. The Bertz CT molecular complexity index is 475. The van der Waals surface area contributed by atoms with E-state index in [4.69, 9.17) is 4.74 Å². The number of carbonyl (C=O) groups is 1. The molecule has 2 aliphatic heterocycles. The van der Waals surface area contributed by atoms with E-state index in [0.717, 1.165) is 77.5 Å². The Kier molecular flexibility index (Phi) is 5.20. The van der Waals surface area contributed by atoms with Gasteiger partial charge in [0, 0.05) is 37.8 Å². The fourth-order valence-corrected chi connectivity index (χ4v) is 5.21. The summed E-state index contributed by atoms with van der Waals surface area (Å²) in [4.78, 5) is 14.8. The number of aliphatic hydroxyl groups is 1. The molecule has 25 heavy (non-hydrogen) atoms. The number of aliphatic hydroxyl groups excluding tert-OH is 1. The Morgan fingerprint density at radius 3 is 2.40 bits per heavy atom. The second kappa shape index (κ2) is 7.41. The highest BCUT2D eigenvalue weighted by molar-refractivity contribution is 5.74. The molecule has 1 spiro atoms. The van der Waals surface area contributed by atoms with Crippen molar-refractivity contribution in [2.24, 2.45) is 0 Å². The van der Waals surface area contributed by atoms with Crippen LogP contribution in [0.15, 0.2) is 0 Å². The first-order valence-corrected chi connectivity index (χ1v) is 10.3. The lowest BCUT2D eigenvalue weighted by atomic mass is 9.74. The highest BCUT2D eigenvalue weighted by Gasteiger charge is 2.43. The van der Waals surface area contributed by atoms with E-state index >= 15 is 0 Å². The van der Waals surface area contributed by atoms with Gasteiger partial charge in [0.25, 0.3) is 0 Å². The molecule has 2 saturated carbocycles. The quantitative estimate of drug-likeness (QED) is 0.724. The maximum atomic E-state index is 12.4. The van der Waals surface area contributed by atoms with Crippen molar-refractivity contribution in [1.29, 1.82) is 0 Å².